The molecule has 0 saturated heterocycles. The second-order valence-electron chi connectivity index (χ2n) is 9.57. The average molecular weight is 559 g/mol. The average Bonchev–Trinajstić information content (AvgIpc) is 3.38. The van der Waals surface area contributed by atoms with Crippen molar-refractivity contribution in [3.8, 4) is 33.5 Å². The Morgan fingerprint density at radius 1 is 0.975 bits per heavy atom. The number of halogens is 2. The Morgan fingerprint density at radius 2 is 1.70 bits per heavy atom. The van der Waals surface area contributed by atoms with Crippen molar-refractivity contribution in [1.82, 2.24) is 19.5 Å². The predicted octanol–water partition coefficient (Wildman–Crippen LogP) is 6.73. The third kappa shape index (κ3) is 4.93. The van der Waals surface area contributed by atoms with Gasteiger partial charge in [0.2, 0.25) is 11.8 Å². The van der Waals surface area contributed by atoms with Crippen LogP contribution in [-0.4, -0.2) is 24.6 Å². The van der Waals surface area contributed by atoms with Crippen LogP contribution in [0.4, 0.5) is 8.78 Å². The van der Waals surface area contributed by atoms with Gasteiger partial charge >= 0.3 is 0 Å². The molecule has 0 amide bonds. The van der Waals surface area contributed by atoms with Gasteiger partial charge in [-0.3, -0.25) is 9.36 Å². The third-order valence-corrected chi connectivity index (χ3v) is 7.96. The van der Waals surface area contributed by atoms with E-state index >= 15 is 4.39 Å². The van der Waals surface area contributed by atoms with Crippen LogP contribution in [0.15, 0.2) is 58.8 Å². The van der Waals surface area contributed by atoms with Crippen molar-refractivity contribution in [2.45, 2.75) is 47.0 Å². The first-order chi connectivity index (χ1) is 19.2. The zero-order valence-electron chi connectivity index (χ0n) is 22.6. The molecule has 40 heavy (non-hydrogen) atoms. The number of benzene rings is 2. The van der Waals surface area contributed by atoms with E-state index in [0.29, 0.717) is 29.0 Å². The molecule has 6 nitrogen and oxygen atoms in total. The highest BCUT2D eigenvalue weighted by molar-refractivity contribution is 7.13. The number of nitrogens with zero attached hydrogens (tertiary/aromatic N) is 4. The highest BCUT2D eigenvalue weighted by Crippen LogP contribution is 2.34. The number of hydrogen-bond donors (Lipinski definition) is 1. The molecule has 0 aliphatic carbocycles. The van der Waals surface area contributed by atoms with E-state index in [-0.39, 0.29) is 34.8 Å². The lowest BCUT2D eigenvalue weighted by atomic mass is 9.98. The van der Waals surface area contributed by atoms with Gasteiger partial charge in [0.15, 0.2) is 10.8 Å². The SMILES string of the molecule is CCc1cccc(CC)c1-n1c(-c2nc(C)cs2)nc(=O)c(Cc2ccc(-c3ccnc(F)c3C)c(F)c2)c1O. The molecule has 0 unspecified atom stereocenters. The summed E-state index contributed by atoms with van der Waals surface area (Å²) < 4.78 is 30.9. The van der Waals surface area contributed by atoms with Crippen molar-refractivity contribution in [2.75, 3.05) is 0 Å². The Hall–Kier alpha value is -4.24. The molecule has 2 aromatic carbocycles. The molecule has 3 aromatic heterocycles. The van der Waals surface area contributed by atoms with Crippen molar-refractivity contribution in [3.05, 3.63) is 110 Å². The van der Waals surface area contributed by atoms with Crippen molar-refractivity contribution < 1.29 is 13.9 Å². The Labute approximate surface area is 234 Å². The zero-order chi connectivity index (χ0) is 28.6. The van der Waals surface area contributed by atoms with Crippen LogP contribution < -0.4 is 5.56 Å². The fourth-order valence-electron chi connectivity index (χ4n) is 4.91. The Bertz CT molecular complexity index is 1770. The number of thiazole rings is 1. The fourth-order valence-corrected chi connectivity index (χ4v) is 5.68. The third-order valence-electron chi connectivity index (χ3n) is 7.01. The summed E-state index contributed by atoms with van der Waals surface area (Å²) in [5.41, 5.74) is 4.27. The number of hydrogen-bond acceptors (Lipinski definition) is 6. The largest absolute Gasteiger partial charge is 0.494 e. The molecular formula is C31H28F2N4O2S. The predicted molar refractivity (Wildman–Crippen MR) is 153 cm³/mol. The molecule has 0 atom stereocenters. The molecule has 5 aromatic rings. The first-order valence-corrected chi connectivity index (χ1v) is 13.9. The number of aryl methyl sites for hydroxylation is 3. The van der Waals surface area contributed by atoms with E-state index in [1.165, 1.54) is 23.6 Å². The number of aromatic nitrogens is 4. The molecule has 1 N–H and O–H groups in total. The normalized spacial score (nSPS) is 11.2. The van der Waals surface area contributed by atoms with E-state index in [4.69, 9.17) is 0 Å². The molecule has 3 heterocycles. The van der Waals surface area contributed by atoms with Crippen LogP contribution in [-0.2, 0) is 19.3 Å². The van der Waals surface area contributed by atoms with Gasteiger partial charge in [0.25, 0.3) is 5.56 Å². The highest BCUT2D eigenvalue weighted by Gasteiger charge is 2.24. The summed E-state index contributed by atoms with van der Waals surface area (Å²) >= 11 is 1.34. The Morgan fingerprint density at radius 3 is 2.33 bits per heavy atom. The monoisotopic (exact) mass is 558 g/mol. The van der Waals surface area contributed by atoms with Crippen LogP contribution in [0, 0.1) is 25.6 Å². The number of aromatic hydroxyl groups is 1. The molecule has 0 fully saturated rings. The summed E-state index contributed by atoms with van der Waals surface area (Å²) in [6.45, 7) is 7.45. The van der Waals surface area contributed by atoms with Crippen LogP contribution in [0.2, 0.25) is 0 Å². The molecule has 0 radical (unpaired) electrons. The molecule has 0 saturated carbocycles. The summed E-state index contributed by atoms with van der Waals surface area (Å²) in [5.74, 6) is -1.23. The molecule has 0 aliphatic heterocycles. The van der Waals surface area contributed by atoms with Crippen LogP contribution >= 0.6 is 11.3 Å². The molecule has 9 heteroatoms. The number of pyridine rings is 1. The van der Waals surface area contributed by atoms with Crippen molar-refractivity contribution in [1.29, 1.82) is 0 Å². The molecule has 5 rings (SSSR count). The minimum Gasteiger partial charge on any atom is -0.494 e. The van der Waals surface area contributed by atoms with E-state index in [1.54, 1.807) is 29.7 Å². The van der Waals surface area contributed by atoms with Crippen molar-refractivity contribution >= 4 is 11.3 Å². The summed E-state index contributed by atoms with van der Waals surface area (Å²) in [6, 6.07) is 12.0. The molecule has 204 valence electrons. The first kappa shape index (κ1) is 27.3. The van der Waals surface area contributed by atoms with Gasteiger partial charge in [0.05, 0.1) is 11.3 Å². The van der Waals surface area contributed by atoms with E-state index in [9.17, 15) is 14.3 Å². The van der Waals surface area contributed by atoms with Gasteiger partial charge in [0.1, 0.15) is 5.82 Å². The van der Waals surface area contributed by atoms with E-state index in [0.717, 1.165) is 22.5 Å². The minimum absolute atomic E-state index is 0.0447. The van der Waals surface area contributed by atoms with Gasteiger partial charge in [0, 0.05) is 34.8 Å². The molecule has 0 bridgehead atoms. The summed E-state index contributed by atoms with van der Waals surface area (Å²) in [4.78, 5) is 25.9. The molecular weight excluding hydrogens is 530 g/mol. The van der Waals surface area contributed by atoms with Gasteiger partial charge < -0.3 is 5.11 Å². The van der Waals surface area contributed by atoms with Crippen LogP contribution in [0.3, 0.4) is 0 Å². The Balaban J connectivity index is 1.67. The quantitative estimate of drug-likeness (QED) is 0.224. The smallest absolute Gasteiger partial charge is 0.280 e. The van der Waals surface area contributed by atoms with Gasteiger partial charge in [-0.2, -0.15) is 9.37 Å². The van der Waals surface area contributed by atoms with Crippen molar-refractivity contribution in [3.63, 3.8) is 0 Å². The lowest BCUT2D eigenvalue weighted by Gasteiger charge is -2.21. The van der Waals surface area contributed by atoms with Crippen LogP contribution in [0.5, 0.6) is 5.88 Å². The maximum absolute atomic E-state index is 15.3. The topological polar surface area (TPSA) is 80.9 Å². The van der Waals surface area contributed by atoms with E-state index < -0.39 is 17.3 Å². The number of rotatable bonds is 7. The van der Waals surface area contributed by atoms with Gasteiger partial charge in [-0.1, -0.05) is 44.2 Å². The second kappa shape index (κ2) is 11.1. The summed E-state index contributed by atoms with van der Waals surface area (Å²) in [5, 5.41) is 14.1. The first-order valence-electron chi connectivity index (χ1n) is 13.0. The number of para-hydroxylation sites is 1. The van der Waals surface area contributed by atoms with E-state index in [1.807, 2.05) is 44.4 Å². The zero-order valence-corrected chi connectivity index (χ0v) is 23.4. The van der Waals surface area contributed by atoms with Crippen LogP contribution in [0.25, 0.3) is 27.6 Å². The minimum atomic E-state index is -0.660. The van der Waals surface area contributed by atoms with Gasteiger partial charge in [-0.05, 0) is 61.1 Å². The highest BCUT2D eigenvalue weighted by atomic mass is 32.1. The maximum Gasteiger partial charge on any atom is 0.280 e. The molecule has 0 spiro atoms. The Kier molecular flexibility index (Phi) is 7.58. The lowest BCUT2D eigenvalue weighted by molar-refractivity contribution is 0.429. The lowest BCUT2D eigenvalue weighted by Crippen LogP contribution is -2.21. The summed E-state index contributed by atoms with van der Waals surface area (Å²) in [6.07, 6.45) is 2.64. The second-order valence-corrected chi connectivity index (χ2v) is 10.4. The fraction of sp³-hybridized carbons (Fsp3) is 0.226. The standard InChI is InChI=1S/C31H28F2N4O2S/c1-5-20-8-7-9-21(6-2)26(20)37-28(30-35-17(3)16-40-30)36-29(38)24(31(37)39)14-19-10-11-23(25(32)15-19)22-12-13-34-27(33)18(22)4/h7-13,15-16,39H,5-6,14H2,1-4H3. The summed E-state index contributed by atoms with van der Waals surface area (Å²) in [7, 11) is 0. The molecule has 0 aliphatic rings. The van der Waals surface area contributed by atoms with E-state index in [2.05, 4.69) is 15.0 Å². The van der Waals surface area contributed by atoms with Crippen molar-refractivity contribution in [2.24, 2.45) is 0 Å². The maximum atomic E-state index is 15.3. The van der Waals surface area contributed by atoms with Gasteiger partial charge in [-0.25, -0.2) is 14.4 Å². The van der Waals surface area contributed by atoms with Gasteiger partial charge in [-0.15, -0.1) is 11.3 Å². The van der Waals surface area contributed by atoms with Crippen LogP contribution in [0.1, 0.15) is 47.4 Å².